The maximum atomic E-state index is 12.4. The summed E-state index contributed by atoms with van der Waals surface area (Å²) in [5.74, 6) is 0.0761. The number of hydrogen-bond donors (Lipinski definition) is 2. The van der Waals surface area contributed by atoms with Gasteiger partial charge in [0, 0.05) is 31.1 Å². The van der Waals surface area contributed by atoms with Gasteiger partial charge in [-0.15, -0.1) is 0 Å². The Hall–Kier alpha value is -0.660. The molecule has 1 aliphatic carbocycles. The van der Waals surface area contributed by atoms with Gasteiger partial charge in [0.2, 0.25) is 15.9 Å². The normalized spacial score (nSPS) is 26.1. The average Bonchev–Trinajstić information content (AvgIpc) is 2.34. The summed E-state index contributed by atoms with van der Waals surface area (Å²) < 4.78 is 24.9. The van der Waals surface area contributed by atoms with E-state index in [-0.39, 0.29) is 17.5 Å². The summed E-state index contributed by atoms with van der Waals surface area (Å²) in [6.07, 6.45) is 7.34. The number of nitrogens with zero attached hydrogens (tertiary/aromatic N) is 1. The lowest BCUT2D eigenvalue weighted by Gasteiger charge is -2.42. The van der Waals surface area contributed by atoms with Crippen LogP contribution in [-0.2, 0) is 14.8 Å². The van der Waals surface area contributed by atoms with Crippen molar-refractivity contribution < 1.29 is 13.2 Å². The van der Waals surface area contributed by atoms with E-state index in [0.717, 1.165) is 44.8 Å². The molecule has 2 rings (SSSR count). The van der Waals surface area contributed by atoms with Gasteiger partial charge in [-0.3, -0.25) is 4.79 Å². The summed E-state index contributed by atoms with van der Waals surface area (Å²) in [4.78, 5) is 14.2. The van der Waals surface area contributed by atoms with E-state index in [4.69, 9.17) is 5.73 Å². The Bertz CT molecular complexity index is 459. The van der Waals surface area contributed by atoms with Crippen LogP contribution in [0.15, 0.2) is 0 Å². The van der Waals surface area contributed by atoms with Gasteiger partial charge in [0.05, 0.1) is 6.26 Å². The number of piperidine rings is 1. The van der Waals surface area contributed by atoms with E-state index in [9.17, 15) is 13.2 Å². The van der Waals surface area contributed by atoms with Gasteiger partial charge in [0.1, 0.15) is 0 Å². The summed E-state index contributed by atoms with van der Waals surface area (Å²) in [6.45, 7) is 1.02. The topological polar surface area (TPSA) is 92.5 Å². The highest BCUT2D eigenvalue weighted by molar-refractivity contribution is 7.88. The summed E-state index contributed by atoms with van der Waals surface area (Å²) in [7, 11) is -3.21. The fourth-order valence-electron chi connectivity index (χ4n) is 3.00. The molecule has 20 heavy (non-hydrogen) atoms. The lowest BCUT2D eigenvalue weighted by atomic mass is 9.75. The minimum absolute atomic E-state index is 0.0327. The van der Waals surface area contributed by atoms with Crippen LogP contribution in [0.3, 0.4) is 0 Å². The fraction of sp³-hybridized carbons (Fsp3) is 0.923. The number of carbonyl (C=O) groups excluding carboxylic acids is 1. The molecule has 3 N–H and O–H groups in total. The first kappa shape index (κ1) is 15.7. The molecule has 1 amide bonds. The quantitative estimate of drug-likeness (QED) is 0.758. The maximum absolute atomic E-state index is 12.4. The maximum Gasteiger partial charge on any atom is 0.224 e. The van der Waals surface area contributed by atoms with Crippen LogP contribution in [0.5, 0.6) is 0 Å². The van der Waals surface area contributed by atoms with Crippen molar-refractivity contribution in [3.63, 3.8) is 0 Å². The van der Waals surface area contributed by atoms with Gasteiger partial charge in [-0.1, -0.05) is 0 Å². The third kappa shape index (κ3) is 4.17. The van der Waals surface area contributed by atoms with E-state index >= 15 is 0 Å². The molecule has 0 aromatic heterocycles. The first-order chi connectivity index (χ1) is 9.29. The second kappa shape index (κ2) is 5.99. The summed E-state index contributed by atoms with van der Waals surface area (Å²) in [6, 6.07) is -0.0327. The van der Waals surface area contributed by atoms with Gasteiger partial charge in [0.25, 0.3) is 0 Å². The number of nitrogens with one attached hydrogen (secondary N) is 1. The van der Waals surface area contributed by atoms with Gasteiger partial charge < -0.3 is 10.6 Å². The molecular weight excluding hydrogens is 278 g/mol. The van der Waals surface area contributed by atoms with Crippen molar-refractivity contribution in [1.29, 1.82) is 0 Å². The van der Waals surface area contributed by atoms with Crippen LogP contribution in [0, 0.1) is 0 Å². The standard InChI is InChI=1S/C13H25N3O3S/c1-20(18,19)15-10-11-5-2-3-8-16(11)12(17)9-13(14)6-4-7-13/h11,15H,2-10,14H2,1H3. The van der Waals surface area contributed by atoms with Crippen molar-refractivity contribution in [1.82, 2.24) is 9.62 Å². The Balaban J connectivity index is 1.93. The van der Waals surface area contributed by atoms with E-state index in [2.05, 4.69) is 4.72 Å². The van der Waals surface area contributed by atoms with Gasteiger partial charge in [-0.05, 0) is 38.5 Å². The van der Waals surface area contributed by atoms with Crippen LogP contribution in [0.25, 0.3) is 0 Å². The lowest BCUT2D eigenvalue weighted by molar-refractivity contribution is -0.136. The molecule has 1 atom stereocenters. The Morgan fingerprint density at radius 3 is 2.60 bits per heavy atom. The molecule has 116 valence electrons. The molecule has 0 aromatic carbocycles. The molecule has 0 aromatic rings. The zero-order valence-corrected chi connectivity index (χ0v) is 12.9. The van der Waals surface area contributed by atoms with Gasteiger partial charge in [0.15, 0.2) is 0 Å². The molecule has 1 saturated heterocycles. The van der Waals surface area contributed by atoms with E-state index in [1.807, 2.05) is 4.90 Å². The predicted octanol–water partition coefficient (Wildman–Crippen LogP) is 0.188. The second-order valence-corrected chi connectivity index (χ2v) is 8.08. The molecule has 1 aliphatic heterocycles. The van der Waals surface area contributed by atoms with Crippen molar-refractivity contribution in [2.75, 3.05) is 19.3 Å². The molecule has 0 spiro atoms. The van der Waals surface area contributed by atoms with E-state index < -0.39 is 10.0 Å². The number of hydrogen-bond acceptors (Lipinski definition) is 4. The number of rotatable bonds is 5. The predicted molar refractivity (Wildman–Crippen MR) is 77.6 cm³/mol. The molecule has 1 saturated carbocycles. The molecule has 1 unspecified atom stereocenters. The second-order valence-electron chi connectivity index (χ2n) is 6.25. The number of amides is 1. The SMILES string of the molecule is CS(=O)(=O)NCC1CCCCN1C(=O)CC1(N)CCC1. The van der Waals surface area contributed by atoms with Gasteiger partial charge in [-0.2, -0.15) is 0 Å². The molecular formula is C13H25N3O3S. The van der Waals surface area contributed by atoms with Crippen LogP contribution in [0.4, 0.5) is 0 Å². The molecule has 0 radical (unpaired) electrons. The molecule has 6 nitrogen and oxygen atoms in total. The lowest BCUT2D eigenvalue weighted by Crippen LogP contribution is -2.54. The Labute approximate surface area is 121 Å². The highest BCUT2D eigenvalue weighted by Crippen LogP contribution is 2.33. The molecule has 1 heterocycles. The summed E-state index contributed by atoms with van der Waals surface area (Å²) in [5.41, 5.74) is 5.82. The van der Waals surface area contributed by atoms with Crippen molar-refractivity contribution in [3.8, 4) is 0 Å². The zero-order valence-electron chi connectivity index (χ0n) is 12.1. The summed E-state index contributed by atoms with van der Waals surface area (Å²) in [5, 5.41) is 0. The van der Waals surface area contributed by atoms with E-state index in [1.165, 1.54) is 0 Å². The molecule has 2 aliphatic rings. The average molecular weight is 303 g/mol. The highest BCUT2D eigenvalue weighted by atomic mass is 32.2. The van der Waals surface area contributed by atoms with Crippen LogP contribution < -0.4 is 10.5 Å². The van der Waals surface area contributed by atoms with E-state index in [0.29, 0.717) is 19.5 Å². The first-order valence-electron chi connectivity index (χ1n) is 7.32. The molecule has 2 fully saturated rings. The first-order valence-corrected chi connectivity index (χ1v) is 9.21. The Morgan fingerprint density at radius 2 is 2.05 bits per heavy atom. The minimum Gasteiger partial charge on any atom is -0.338 e. The molecule has 0 bridgehead atoms. The minimum atomic E-state index is -3.21. The third-order valence-corrected chi connectivity index (χ3v) is 5.07. The van der Waals surface area contributed by atoms with Crippen LogP contribution in [0.1, 0.15) is 44.9 Å². The summed E-state index contributed by atoms with van der Waals surface area (Å²) >= 11 is 0. The van der Waals surface area contributed by atoms with Crippen molar-refractivity contribution in [3.05, 3.63) is 0 Å². The highest BCUT2D eigenvalue weighted by Gasteiger charge is 2.37. The number of likely N-dealkylation sites (tertiary alicyclic amines) is 1. The van der Waals surface area contributed by atoms with Crippen molar-refractivity contribution >= 4 is 15.9 Å². The van der Waals surface area contributed by atoms with Crippen LogP contribution in [0.2, 0.25) is 0 Å². The number of nitrogens with two attached hydrogens (primary N) is 1. The molecule has 7 heteroatoms. The van der Waals surface area contributed by atoms with E-state index in [1.54, 1.807) is 0 Å². The smallest absolute Gasteiger partial charge is 0.224 e. The van der Waals surface area contributed by atoms with Crippen LogP contribution in [-0.4, -0.2) is 50.2 Å². The number of sulfonamides is 1. The Kier molecular flexibility index (Phi) is 4.71. The zero-order chi connectivity index (χ0) is 14.8. The monoisotopic (exact) mass is 303 g/mol. The number of carbonyl (C=O) groups is 1. The third-order valence-electron chi connectivity index (χ3n) is 4.38. The van der Waals surface area contributed by atoms with Crippen molar-refractivity contribution in [2.45, 2.75) is 56.5 Å². The fourth-order valence-corrected chi connectivity index (χ4v) is 3.49. The Morgan fingerprint density at radius 1 is 1.35 bits per heavy atom. The van der Waals surface area contributed by atoms with Crippen molar-refractivity contribution in [2.24, 2.45) is 5.73 Å². The van der Waals surface area contributed by atoms with Gasteiger partial charge >= 0.3 is 0 Å². The van der Waals surface area contributed by atoms with Crippen LogP contribution >= 0.6 is 0 Å². The van der Waals surface area contributed by atoms with Gasteiger partial charge in [-0.25, -0.2) is 13.1 Å². The largest absolute Gasteiger partial charge is 0.338 e.